The van der Waals surface area contributed by atoms with Crippen molar-refractivity contribution in [1.82, 2.24) is 0 Å². The first-order valence-electron chi connectivity index (χ1n) is 10.3. The van der Waals surface area contributed by atoms with Crippen LogP contribution in [0.4, 0.5) is 0 Å². The van der Waals surface area contributed by atoms with Gasteiger partial charge in [-0.2, -0.15) is 0 Å². The smallest absolute Gasteiger partial charge is 0.108 e. The molecule has 3 atom stereocenters. The molecular weight excluding hydrogens is 445 g/mol. The number of fused-ring (bicyclic) bond motifs is 4. The summed E-state index contributed by atoms with van der Waals surface area (Å²) >= 11 is 0. The number of hydrogen-bond donors (Lipinski definition) is 0. The molecular formula is C24H30INO. The van der Waals surface area contributed by atoms with Crippen LogP contribution in [0.3, 0.4) is 0 Å². The Labute approximate surface area is 180 Å². The largest absolute Gasteiger partial charge is 1.00 e. The summed E-state index contributed by atoms with van der Waals surface area (Å²) in [6.45, 7) is 0. The van der Waals surface area contributed by atoms with Crippen LogP contribution in [0.25, 0.3) is 0 Å². The Morgan fingerprint density at radius 1 is 0.778 bits per heavy atom. The van der Waals surface area contributed by atoms with Crippen molar-refractivity contribution < 1.29 is 33.2 Å². The summed E-state index contributed by atoms with van der Waals surface area (Å²) in [5.41, 5.74) is 5.71. The van der Waals surface area contributed by atoms with E-state index in [1.807, 2.05) is 0 Å². The second-order valence-corrected chi connectivity index (χ2v) is 9.02. The molecule has 0 spiro atoms. The molecule has 2 saturated heterocycles. The van der Waals surface area contributed by atoms with E-state index in [9.17, 15) is 0 Å². The average Bonchev–Trinajstić information content (AvgIpc) is 2.84. The van der Waals surface area contributed by atoms with Gasteiger partial charge in [0, 0.05) is 25.7 Å². The van der Waals surface area contributed by atoms with Gasteiger partial charge in [-0.05, 0) is 35.1 Å². The Morgan fingerprint density at radius 3 is 1.78 bits per heavy atom. The van der Waals surface area contributed by atoms with Gasteiger partial charge in [-0.1, -0.05) is 48.5 Å². The summed E-state index contributed by atoms with van der Waals surface area (Å²) in [5, 5.41) is 0. The van der Waals surface area contributed by atoms with E-state index in [-0.39, 0.29) is 30.1 Å². The Balaban J connectivity index is 0.00000180. The molecule has 3 aliphatic rings. The number of nitrogens with zero attached hydrogens (tertiary/aromatic N) is 1. The maximum absolute atomic E-state index is 6.93. The van der Waals surface area contributed by atoms with E-state index < -0.39 is 0 Å². The van der Waals surface area contributed by atoms with Crippen molar-refractivity contribution in [3.05, 3.63) is 70.8 Å². The van der Waals surface area contributed by atoms with Crippen LogP contribution in [-0.4, -0.2) is 36.8 Å². The highest BCUT2D eigenvalue weighted by molar-refractivity contribution is 5.43. The number of benzene rings is 2. The second kappa shape index (κ2) is 7.49. The molecule has 3 heteroatoms. The van der Waals surface area contributed by atoms with E-state index in [0.717, 1.165) is 24.9 Å². The molecule has 27 heavy (non-hydrogen) atoms. The van der Waals surface area contributed by atoms with Crippen LogP contribution in [0.2, 0.25) is 0 Å². The van der Waals surface area contributed by atoms with Gasteiger partial charge in [0.1, 0.15) is 6.10 Å². The van der Waals surface area contributed by atoms with Gasteiger partial charge in [0.2, 0.25) is 0 Å². The fourth-order valence-corrected chi connectivity index (χ4v) is 5.75. The van der Waals surface area contributed by atoms with Crippen molar-refractivity contribution in [1.29, 1.82) is 0 Å². The van der Waals surface area contributed by atoms with Crippen LogP contribution in [0.1, 0.15) is 54.0 Å². The standard InChI is InChI=1S/C24H30NO.HI/c1-25(2)19-13-14-20(25)16-21(15-19)26-24-22-9-5-3-7-17(22)11-12-18-8-4-6-10-23(18)24;/h3-10,19-21,24H,11-16H2,1-2H3;1H/q+1;/p-1/t19-,20+,21?;. The molecule has 0 N–H and O–H groups in total. The third kappa shape index (κ3) is 3.36. The van der Waals surface area contributed by atoms with Gasteiger partial charge in [0.05, 0.1) is 32.3 Å². The van der Waals surface area contributed by atoms with Crippen molar-refractivity contribution in [2.24, 2.45) is 0 Å². The van der Waals surface area contributed by atoms with Crippen LogP contribution in [-0.2, 0) is 17.6 Å². The minimum Gasteiger partial charge on any atom is -1.00 e. The van der Waals surface area contributed by atoms with Crippen LogP contribution >= 0.6 is 0 Å². The maximum Gasteiger partial charge on any atom is 0.108 e. The van der Waals surface area contributed by atoms with Gasteiger partial charge in [-0.15, -0.1) is 0 Å². The molecule has 5 rings (SSSR count). The molecule has 2 aromatic carbocycles. The van der Waals surface area contributed by atoms with Crippen molar-refractivity contribution in [2.45, 2.75) is 62.8 Å². The Morgan fingerprint density at radius 2 is 1.26 bits per heavy atom. The number of rotatable bonds is 2. The van der Waals surface area contributed by atoms with Gasteiger partial charge < -0.3 is 33.2 Å². The monoisotopic (exact) mass is 475 g/mol. The zero-order valence-corrected chi connectivity index (χ0v) is 18.6. The lowest BCUT2D eigenvalue weighted by Gasteiger charge is -2.44. The predicted octanol–water partition coefficient (Wildman–Crippen LogP) is 1.67. The summed E-state index contributed by atoms with van der Waals surface area (Å²) in [7, 11) is 4.85. The zero-order valence-electron chi connectivity index (χ0n) is 16.4. The average molecular weight is 475 g/mol. The van der Waals surface area contributed by atoms with E-state index in [4.69, 9.17) is 4.74 Å². The molecule has 2 nitrogen and oxygen atoms in total. The van der Waals surface area contributed by atoms with E-state index >= 15 is 0 Å². The third-order valence-electron chi connectivity index (χ3n) is 7.45. The summed E-state index contributed by atoms with van der Waals surface area (Å²) in [6.07, 6.45) is 7.89. The molecule has 0 amide bonds. The van der Waals surface area contributed by atoms with E-state index in [2.05, 4.69) is 62.6 Å². The lowest BCUT2D eigenvalue weighted by molar-refractivity contribution is -0.931. The lowest BCUT2D eigenvalue weighted by Crippen LogP contribution is -3.00. The number of halogens is 1. The Kier molecular flexibility index (Phi) is 5.38. The molecule has 2 heterocycles. The van der Waals surface area contributed by atoms with Crippen molar-refractivity contribution in [3.63, 3.8) is 0 Å². The number of piperidine rings is 1. The molecule has 2 fully saturated rings. The number of aryl methyl sites for hydroxylation is 2. The Hall–Kier alpha value is -0.910. The molecule has 0 radical (unpaired) electrons. The normalized spacial score (nSPS) is 28.6. The molecule has 2 bridgehead atoms. The molecule has 144 valence electrons. The number of hydrogen-bond acceptors (Lipinski definition) is 1. The SMILES string of the molecule is C[N+]1(C)[C@@H]2CC[C@H]1CC(OC1c3ccccc3CCc3ccccc31)C2.[I-]. The Bertz CT molecular complexity index is 754. The van der Waals surface area contributed by atoms with Crippen LogP contribution < -0.4 is 24.0 Å². The van der Waals surface area contributed by atoms with Crippen molar-refractivity contribution >= 4 is 0 Å². The van der Waals surface area contributed by atoms with Gasteiger partial charge >= 0.3 is 0 Å². The first-order valence-corrected chi connectivity index (χ1v) is 10.3. The summed E-state index contributed by atoms with van der Waals surface area (Å²) in [4.78, 5) is 0. The van der Waals surface area contributed by atoms with Crippen LogP contribution in [0.15, 0.2) is 48.5 Å². The fraction of sp³-hybridized carbons (Fsp3) is 0.500. The minimum absolute atomic E-state index is 0. The van der Waals surface area contributed by atoms with E-state index in [1.165, 1.54) is 52.4 Å². The molecule has 2 aliphatic heterocycles. The topological polar surface area (TPSA) is 9.23 Å². The number of ether oxygens (including phenoxy) is 1. The highest BCUT2D eigenvalue weighted by Gasteiger charge is 2.49. The summed E-state index contributed by atoms with van der Waals surface area (Å²) < 4.78 is 8.14. The minimum atomic E-state index is 0. The molecule has 0 saturated carbocycles. The maximum atomic E-state index is 6.93. The predicted molar refractivity (Wildman–Crippen MR) is 105 cm³/mol. The molecule has 1 unspecified atom stereocenters. The third-order valence-corrected chi connectivity index (χ3v) is 7.45. The van der Waals surface area contributed by atoms with Crippen molar-refractivity contribution in [2.75, 3.05) is 14.1 Å². The first-order chi connectivity index (χ1) is 12.6. The van der Waals surface area contributed by atoms with E-state index in [1.54, 1.807) is 0 Å². The molecule has 2 aromatic rings. The van der Waals surface area contributed by atoms with E-state index in [0.29, 0.717) is 6.10 Å². The van der Waals surface area contributed by atoms with Crippen molar-refractivity contribution in [3.8, 4) is 0 Å². The van der Waals surface area contributed by atoms with Crippen LogP contribution in [0.5, 0.6) is 0 Å². The zero-order chi connectivity index (χ0) is 17.7. The highest BCUT2D eigenvalue weighted by Crippen LogP contribution is 2.43. The first kappa shape index (κ1) is 19.4. The quantitative estimate of drug-likeness (QED) is 0.475. The summed E-state index contributed by atoms with van der Waals surface area (Å²) in [6, 6.07) is 19.4. The van der Waals surface area contributed by atoms with Crippen LogP contribution in [0, 0.1) is 0 Å². The van der Waals surface area contributed by atoms with Gasteiger partial charge in [0.25, 0.3) is 0 Å². The summed E-state index contributed by atoms with van der Waals surface area (Å²) in [5.74, 6) is 0. The highest BCUT2D eigenvalue weighted by atomic mass is 127. The fourth-order valence-electron chi connectivity index (χ4n) is 5.75. The van der Waals surface area contributed by atoms with Gasteiger partial charge in [0.15, 0.2) is 0 Å². The lowest BCUT2D eigenvalue weighted by atomic mass is 9.94. The molecule has 1 aliphatic carbocycles. The van der Waals surface area contributed by atoms with Gasteiger partial charge in [-0.3, -0.25) is 0 Å². The second-order valence-electron chi connectivity index (χ2n) is 9.02. The number of quaternary nitrogens is 1. The molecule has 0 aromatic heterocycles. The van der Waals surface area contributed by atoms with Gasteiger partial charge in [-0.25, -0.2) is 0 Å².